The molecule has 2 aliphatic heterocycles. The van der Waals surface area contributed by atoms with E-state index in [1.165, 1.54) is 0 Å². The first kappa shape index (κ1) is 14.7. The van der Waals surface area contributed by atoms with Gasteiger partial charge in [-0.05, 0) is 12.8 Å². The summed E-state index contributed by atoms with van der Waals surface area (Å²) in [6.45, 7) is 3.28. The third kappa shape index (κ3) is 3.93. The highest BCUT2D eigenvalue weighted by atomic mass is 16.5. The highest BCUT2D eigenvalue weighted by Gasteiger charge is 2.36. The lowest BCUT2D eigenvalue weighted by Crippen LogP contribution is -2.57. The summed E-state index contributed by atoms with van der Waals surface area (Å²) in [5.41, 5.74) is 0. The molecule has 2 amide bonds. The Kier molecular flexibility index (Phi) is 4.72. The SMILES string of the molecule is O=C(NC1CC1)C1COCCN1C(=O)CC1COCCN1. The molecule has 0 radical (unpaired) electrons. The zero-order valence-corrected chi connectivity index (χ0v) is 12.2. The van der Waals surface area contributed by atoms with E-state index in [9.17, 15) is 9.59 Å². The number of morpholine rings is 2. The molecule has 1 saturated carbocycles. The molecule has 3 fully saturated rings. The number of hydrogen-bond acceptors (Lipinski definition) is 5. The molecule has 118 valence electrons. The molecular weight excluding hydrogens is 274 g/mol. The predicted molar refractivity (Wildman–Crippen MR) is 74.7 cm³/mol. The van der Waals surface area contributed by atoms with Gasteiger partial charge in [-0.1, -0.05) is 0 Å². The Balaban J connectivity index is 1.56. The number of nitrogens with one attached hydrogen (secondary N) is 2. The van der Waals surface area contributed by atoms with Crippen LogP contribution in [-0.4, -0.2) is 74.4 Å². The fraction of sp³-hybridized carbons (Fsp3) is 0.857. The summed E-state index contributed by atoms with van der Waals surface area (Å²) in [6.07, 6.45) is 2.44. The Morgan fingerprint density at radius 2 is 2.00 bits per heavy atom. The van der Waals surface area contributed by atoms with Crippen LogP contribution < -0.4 is 10.6 Å². The van der Waals surface area contributed by atoms with Crippen molar-refractivity contribution < 1.29 is 19.1 Å². The van der Waals surface area contributed by atoms with E-state index in [4.69, 9.17) is 9.47 Å². The highest BCUT2D eigenvalue weighted by Crippen LogP contribution is 2.20. The second kappa shape index (κ2) is 6.72. The predicted octanol–water partition coefficient (Wildman–Crippen LogP) is -1.13. The smallest absolute Gasteiger partial charge is 0.245 e. The van der Waals surface area contributed by atoms with E-state index in [1.54, 1.807) is 4.90 Å². The maximum atomic E-state index is 12.5. The average molecular weight is 297 g/mol. The summed E-state index contributed by atoms with van der Waals surface area (Å²) in [5, 5.41) is 6.23. The van der Waals surface area contributed by atoms with Crippen LogP contribution in [0.1, 0.15) is 19.3 Å². The largest absolute Gasteiger partial charge is 0.378 e. The molecule has 3 aliphatic rings. The number of nitrogens with zero attached hydrogens (tertiary/aromatic N) is 1. The van der Waals surface area contributed by atoms with Gasteiger partial charge < -0.3 is 25.0 Å². The van der Waals surface area contributed by atoms with E-state index in [0.717, 1.165) is 19.4 Å². The van der Waals surface area contributed by atoms with E-state index in [1.807, 2.05) is 0 Å². The Morgan fingerprint density at radius 1 is 1.19 bits per heavy atom. The minimum Gasteiger partial charge on any atom is -0.378 e. The van der Waals surface area contributed by atoms with Crippen molar-refractivity contribution in [1.82, 2.24) is 15.5 Å². The van der Waals surface area contributed by atoms with Crippen LogP contribution in [0.3, 0.4) is 0 Å². The third-order valence-corrected chi connectivity index (χ3v) is 4.09. The maximum absolute atomic E-state index is 12.5. The molecule has 0 aromatic heterocycles. The summed E-state index contributed by atoms with van der Waals surface area (Å²) in [7, 11) is 0. The number of hydrogen-bond donors (Lipinski definition) is 2. The second-order valence-corrected chi connectivity index (χ2v) is 5.89. The molecule has 1 aliphatic carbocycles. The van der Waals surface area contributed by atoms with Gasteiger partial charge in [-0.15, -0.1) is 0 Å². The van der Waals surface area contributed by atoms with Crippen molar-refractivity contribution >= 4 is 11.8 Å². The van der Waals surface area contributed by atoms with Crippen LogP contribution >= 0.6 is 0 Å². The summed E-state index contributed by atoms with van der Waals surface area (Å²) in [4.78, 5) is 26.4. The lowest BCUT2D eigenvalue weighted by Gasteiger charge is -2.36. The first-order valence-electron chi connectivity index (χ1n) is 7.73. The molecule has 2 heterocycles. The van der Waals surface area contributed by atoms with Crippen molar-refractivity contribution in [3.05, 3.63) is 0 Å². The first-order valence-corrected chi connectivity index (χ1v) is 7.73. The van der Waals surface area contributed by atoms with Gasteiger partial charge in [0.1, 0.15) is 6.04 Å². The van der Waals surface area contributed by atoms with E-state index in [2.05, 4.69) is 10.6 Å². The van der Waals surface area contributed by atoms with Gasteiger partial charge in [-0.3, -0.25) is 9.59 Å². The summed E-state index contributed by atoms with van der Waals surface area (Å²) in [6, 6.07) is -0.151. The summed E-state index contributed by atoms with van der Waals surface area (Å²) in [5.74, 6) is -0.0874. The van der Waals surface area contributed by atoms with Crippen molar-refractivity contribution in [1.29, 1.82) is 0 Å². The van der Waals surface area contributed by atoms with Crippen LogP contribution in [0.5, 0.6) is 0 Å². The molecule has 7 heteroatoms. The Morgan fingerprint density at radius 3 is 2.71 bits per heavy atom. The van der Waals surface area contributed by atoms with Crippen LogP contribution in [0.4, 0.5) is 0 Å². The van der Waals surface area contributed by atoms with Crippen LogP contribution in [0.2, 0.25) is 0 Å². The van der Waals surface area contributed by atoms with Crippen LogP contribution in [0, 0.1) is 0 Å². The van der Waals surface area contributed by atoms with Gasteiger partial charge in [-0.25, -0.2) is 0 Å². The van der Waals surface area contributed by atoms with Crippen molar-refractivity contribution in [2.75, 3.05) is 39.5 Å². The molecule has 21 heavy (non-hydrogen) atoms. The minimum absolute atomic E-state index is 0.00255. The zero-order chi connectivity index (χ0) is 14.7. The standard InChI is InChI=1S/C14H23N3O4/c18-13(7-11-8-20-5-3-15-11)17-4-6-21-9-12(17)14(19)16-10-1-2-10/h10-12,15H,1-9H2,(H,16,19). The monoisotopic (exact) mass is 297 g/mol. The molecule has 0 bridgehead atoms. The lowest BCUT2D eigenvalue weighted by atomic mass is 10.1. The van der Waals surface area contributed by atoms with Crippen molar-refractivity contribution in [3.8, 4) is 0 Å². The molecule has 2 saturated heterocycles. The fourth-order valence-corrected chi connectivity index (χ4v) is 2.72. The molecule has 2 N–H and O–H groups in total. The van der Waals surface area contributed by atoms with Gasteiger partial charge in [0.05, 0.1) is 26.4 Å². The Labute approximate surface area is 124 Å². The van der Waals surface area contributed by atoms with Gasteiger partial charge in [-0.2, -0.15) is 0 Å². The van der Waals surface area contributed by atoms with Gasteiger partial charge in [0.15, 0.2) is 0 Å². The molecule has 0 aromatic rings. The third-order valence-electron chi connectivity index (χ3n) is 4.09. The number of rotatable bonds is 4. The first-order chi connectivity index (χ1) is 10.2. The minimum atomic E-state index is -0.489. The quantitative estimate of drug-likeness (QED) is 0.686. The lowest BCUT2D eigenvalue weighted by molar-refractivity contribution is -0.149. The highest BCUT2D eigenvalue weighted by molar-refractivity contribution is 5.88. The summed E-state index contributed by atoms with van der Waals surface area (Å²) >= 11 is 0. The molecule has 2 unspecified atom stereocenters. The van der Waals surface area contributed by atoms with E-state index >= 15 is 0 Å². The van der Waals surface area contributed by atoms with Crippen molar-refractivity contribution in [3.63, 3.8) is 0 Å². The summed E-state index contributed by atoms with van der Waals surface area (Å²) < 4.78 is 10.7. The van der Waals surface area contributed by atoms with Gasteiger partial charge in [0.2, 0.25) is 11.8 Å². The topological polar surface area (TPSA) is 79.9 Å². The zero-order valence-electron chi connectivity index (χ0n) is 12.2. The Bertz CT molecular complexity index is 394. The number of carbonyl (C=O) groups excluding carboxylic acids is 2. The van der Waals surface area contributed by atoms with E-state index < -0.39 is 6.04 Å². The van der Waals surface area contributed by atoms with Gasteiger partial charge >= 0.3 is 0 Å². The maximum Gasteiger partial charge on any atom is 0.245 e. The molecule has 2 atom stereocenters. The molecule has 0 aromatic carbocycles. The number of amides is 2. The fourth-order valence-electron chi connectivity index (χ4n) is 2.72. The molecule has 7 nitrogen and oxygen atoms in total. The van der Waals surface area contributed by atoms with Gasteiger partial charge in [0, 0.05) is 31.6 Å². The van der Waals surface area contributed by atoms with Crippen molar-refractivity contribution in [2.45, 2.75) is 37.4 Å². The molecular formula is C14H23N3O4. The van der Waals surface area contributed by atoms with E-state index in [-0.39, 0.29) is 17.9 Å². The second-order valence-electron chi connectivity index (χ2n) is 5.89. The Hall–Kier alpha value is -1.18. The average Bonchev–Trinajstić information content (AvgIpc) is 3.32. The van der Waals surface area contributed by atoms with Crippen molar-refractivity contribution in [2.24, 2.45) is 0 Å². The van der Waals surface area contributed by atoms with Crippen LogP contribution in [0.15, 0.2) is 0 Å². The van der Waals surface area contributed by atoms with E-state index in [0.29, 0.717) is 45.4 Å². The van der Waals surface area contributed by atoms with Gasteiger partial charge in [0.25, 0.3) is 0 Å². The van der Waals surface area contributed by atoms with Crippen LogP contribution in [0.25, 0.3) is 0 Å². The molecule has 3 rings (SSSR count). The normalized spacial score (nSPS) is 30.0. The van der Waals surface area contributed by atoms with Crippen LogP contribution in [-0.2, 0) is 19.1 Å². The molecule has 0 spiro atoms. The number of ether oxygens (including phenoxy) is 2. The number of carbonyl (C=O) groups is 2.